The minimum Gasteiger partial charge on any atom is -0.497 e. The second-order valence-electron chi connectivity index (χ2n) is 6.84. The van der Waals surface area contributed by atoms with Crippen LogP contribution in [0, 0.1) is 0 Å². The Labute approximate surface area is 168 Å². The number of anilines is 1. The molecule has 2 heterocycles. The van der Waals surface area contributed by atoms with E-state index in [0.29, 0.717) is 17.0 Å². The molecule has 0 unspecified atom stereocenters. The van der Waals surface area contributed by atoms with Crippen molar-refractivity contribution >= 4 is 17.7 Å². The zero-order chi connectivity index (χ0) is 20.2. The first kappa shape index (κ1) is 19.2. The summed E-state index contributed by atoms with van der Waals surface area (Å²) in [5, 5.41) is 5.60. The number of rotatable bonds is 5. The highest BCUT2D eigenvalue weighted by atomic mass is 16.6. The number of carbonyl (C=O) groups is 2. The lowest BCUT2D eigenvalue weighted by Gasteiger charge is -2.18. The van der Waals surface area contributed by atoms with Crippen LogP contribution in [0.4, 0.5) is 10.5 Å². The molecule has 0 spiro atoms. The predicted molar refractivity (Wildman–Crippen MR) is 104 cm³/mol. The van der Waals surface area contributed by atoms with Crippen molar-refractivity contribution in [2.75, 3.05) is 25.6 Å². The van der Waals surface area contributed by atoms with Crippen LogP contribution in [0.25, 0.3) is 0 Å². The highest BCUT2D eigenvalue weighted by Gasteiger charge is 2.50. The molecule has 29 heavy (non-hydrogen) atoms. The van der Waals surface area contributed by atoms with Crippen LogP contribution in [0.2, 0.25) is 0 Å². The maximum absolute atomic E-state index is 12.5. The number of para-hydroxylation sites is 1. The number of benzene rings is 2. The minimum absolute atomic E-state index is 0.215. The zero-order valence-electron chi connectivity index (χ0n) is 15.9. The SMILES string of the molecule is COc1ccc(C(=O)N[C@H]2CO[C@H]3[C@@H]2OC[C@H]3OC(=O)Nc2ccccc2)cc1. The predicted octanol–water partition coefficient (Wildman–Crippen LogP) is 2.21. The molecular weight excluding hydrogens is 376 g/mol. The second-order valence-corrected chi connectivity index (χ2v) is 6.84. The number of hydrogen-bond donors (Lipinski definition) is 2. The number of methoxy groups -OCH3 is 1. The molecule has 0 saturated carbocycles. The fraction of sp³-hybridized carbons (Fsp3) is 0.333. The van der Waals surface area contributed by atoms with E-state index in [1.54, 1.807) is 43.5 Å². The Kier molecular flexibility index (Phi) is 5.64. The molecule has 2 N–H and O–H groups in total. The van der Waals surface area contributed by atoms with Gasteiger partial charge in [0.25, 0.3) is 5.91 Å². The van der Waals surface area contributed by atoms with Gasteiger partial charge in [0.1, 0.15) is 18.0 Å². The average molecular weight is 398 g/mol. The molecule has 2 amide bonds. The van der Waals surface area contributed by atoms with Crippen molar-refractivity contribution in [3.8, 4) is 5.75 Å². The lowest BCUT2D eigenvalue weighted by molar-refractivity contribution is 0.00862. The van der Waals surface area contributed by atoms with Crippen molar-refractivity contribution in [2.24, 2.45) is 0 Å². The largest absolute Gasteiger partial charge is 0.497 e. The summed E-state index contributed by atoms with van der Waals surface area (Å²) in [4.78, 5) is 24.6. The van der Waals surface area contributed by atoms with Crippen LogP contribution in [0.5, 0.6) is 5.75 Å². The monoisotopic (exact) mass is 398 g/mol. The number of ether oxygens (including phenoxy) is 4. The molecule has 0 bridgehead atoms. The van der Waals surface area contributed by atoms with Gasteiger partial charge in [-0.3, -0.25) is 10.1 Å². The van der Waals surface area contributed by atoms with Crippen LogP contribution in [-0.4, -0.2) is 56.7 Å². The third-order valence-electron chi connectivity index (χ3n) is 4.96. The van der Waals surface area contributed by atoms with Gasteiger partial charge in [-0.05, 0) is 36.4 Å². The summed E-state index contributed by atoms with van der Waals surface area (Å²) >= 11 is 0. The molecule has 2 aliphatic heterocycles. The van der Waals surface area contributed by atoms with Gasteiger partial charge < -0.3 is 24.3 Å². The van der Waals surface area contributed by atoms with Gasteiger partial charge in [-0.15, -0.1) is 0 Å². The summed E-state index contributed by atoms with van der Waals surface area (Å²) in [5.41, 5.74) is 1.16. The highest BCUT2D eigenvalue weighted by Crippen LogP contribution is 2.29. The Bertz CT molecular complexity index is 857. The number of nitrogens with one attached hydrogen (secondary N) is 2. The molecule has 0 aromatic heterocycles. The van der Waals surface area contributed by atoms with Gasteiger partial charge in [0.05, 0.1) is 26.4 Å². The second kappa shape index (κ2) is 8.50. The van der Waals surface area contributed by atoms with Crippen LogP contribution >= 0.6 is 0 Å². The Hall–Kier alpha value is -3.10. The third-order valence-corrected chi connectivity index (χ3v) is 4.96. The Balaban J connectivity index is 1.31. The van der Waals surface area contributed by atoms with Crippen LogP contribution in [-0.2, 0) is 14.2 Å². The van der Waals surface area contributed by atoms with Gasteiger partial charge >= 0.3 is 6.09 Å². The smallest absolute Gasteiger partial charge is 0.412 e. The van der Waals surface area contributed by atoms with E-state index in [2.05, 4.69) is 10.6 Å². The number of carbonyl (C=O) groups excluding carboxylic acids is 2. The summed E-state index contributed by atoms with van der Waals surface area (Å²) in [6, 6.07) is 15.6. The van der Waals surface area contributed by atoms with E-state index in [0.717, 1.165) is 0 Å². The third kappa shape index (κ3) is 4.33. The van der Waals surface area contributed by atoms with E-state index in [4.69, 9.17) is 18.9 Å². The first-order valence-electron chi connectivity index (χ1n) is 9.35. The van der Waals surface area contributed by atoms with Crippen LogP contribution < -0.4 is 15.4 Å². The van der Waals surface area contributed by atoms with Crippen LogP contribution in [0.1, 0.15) is 10.4 Å². The van der Waals surface area contributed by atoms with E-state index in [1.807, 2.05) is 18.2 Å². The van der Waals surface area contributed by atoms with E-state index < -0.39 is 18.3 Å². The molecule has 2 aromatic carbocycles. The van der Waals surface area contributed by atoms with Crippen molar-refractivity contribution in [1.29, 1.82) is 0 Å². The normalized spacial score (nSPS) is 25.1. The standard InChI is InChI=1S/C21H22N2O6/c1-26-15-9-7-13(8-10-15)20(24)23-16-11-27-19-17(12-28-18(16)19)29-21(25)22-14-5-3-2-4-6-14/h2-10,16-19H,11-12H2,1H3,(H,22,25)(H,23,24)/t16-,17+,18+,19+/m0/s1. The molecule has 8 heteroatoms. The van der Waals surface area contributed by atoms with Crippen LogP contribution in [0.3, 0.4) is 0 Å². The molecule has 2 fully saturated rings. The quantitative estimate of drug-likeness (QED) is 0.802. The zero-order valence-corrected chi connectivity index (χ0v) is 15.9. The topological polar surface area (TPSA) is 95.1 Å². The summed E-state index contributed by atoms with van der Waals surface area (Å²) < 4.78 is 22.1. The molecule has 2 saturated heterocycles. The molecule has 4 atom stereocenters. The van der Waals surface area contributed by atoms with E-state index in [1.165, 1.54) is 0 Å². The molecule has 8 nitrogen and oxygen atoms in total. The molecule has 2 aromatic rings. The van der Waals surface area contributed by atoms with Gasteiger partial charge in [-0.25, -0.2) is 4.79 Å². The molecular formula is C21H22N2O6. The molecule has 0 radical (unpaired) electrons. The Morgan fingerprint density at radius 2 is 1.69 bits per heavy atom. The van der Waals surface area contributed by atoms with E-state index >= 15 is 0 Å². The van der Waals surface area contributed by atoms with Gasteiger partial charge in [0, 0.05) is 11.3 Å². The van der Waals surface area contributed by atoms with Gasteiger partial charge in [-0.1, -0.05) is 18.2 Å². The summed E-state index contributed by atoms with van der Waals surface area (Å²) in [6.07, 6.45) is -1.89. The first-order chi connectivity index (χ1) is 14.1. The highest BCUT2D eigenvalue weighted by molar-refractivity contribution is 5.94. The molecule has 2 aliphatic rings. The van der Waals surface area contributed by atoms with Crippen molar-refractivity contribution in [1.82, 2.24) is 5.32 Å². The number of fused-ring (bicyclic) bond motifs is 1. The molecule has 0 aliphatic carbocycles. The molecule has 4 rings (SSSR count). The van der Waals surface area contributed by atoms with Gasteiger partial charge in [-0.2, -0.15) is 0 Å². The van der Waals surface area contributed by atoms with Crippen LogP contribution in [0.15, 0.2) is 54.6 Å². The lowest BCUT2D eigenvalue weighted by Crippen LogP contribution is -2.44. The van der Waals surface area contributed by atoms with Crippen molar-refractivity contribution in [3.05, 3.63) is 60.2 Å². The van der Waals surface area contributed by atoms with Crippen molar-refractivity contribution < 1.29 is 28.5 Å². The van der Waals surface area contributed by atoms with Gasteiger partial charge in [0.2, 0.25) is 0 Å². The summed E-state index contributed by atoms with van der Waals surface area (Å²) in [7, 11) is 1.57. The van der Waals surface area contributed by atoms with Gasteiger partial charge in [0.15, 0.2) is 6.10 Å². The fourth-order valence-corrected chi connectivity index (χ4v) is 3.49. The fourth-order valence-electron chi connectivity index (χ4n) is 3.49. The van der Waals surface area contributed by atoms with E-state index in [9.17, 15) is 9.59 Å². The molecule has 152 valence electrons. The minimum atomic E-state index is -0.570. The number of amides is 2. The Morgan fingerprint density at radius 3 is 2.41 bits per heavy atom. The maximum atomic E-state index is 12.5. The lowest BCUT2D eigenvalue weighted by atomic mass is 10.1. The Morgan fingerprint density at radius 1 is 0.966 bits per heavy atom. The maximum Gasteiger partial charge on any atom is 0.412 e. The average Bonchev–Trinajstić information content (AvgIpc) is 3.32. The number of hydrogen-bond acceptors (Lipinski definition) is 6. The summed E-state index contributed by atoms with van der Waals surface area (Å²) in [5.74, 6) is 0.454. The summed E-state index contributed by atoms with van der Waals surface area (Å²) in [6.45, 7) is 0.504. The van der Waals surface area contributed by atoms with Crippen molar-refractivity contribution in [2.45, 2.75) is 24.4 Å². The van der Waals surface area contributed by atoms with E-state index in [-0.39, 0.29) is 31.3 Å². The first-order valence-corrected chi connectivity index (χ1v) is 9.35. The van der Waals surface area contributed by atoms with Crippen molar-refractivity contribution in [3.63, 3.8) is 0 Å².